The highest BCUT2D eigenvalue weighted by Gasteiger charge is 2.37. The van der Waals surface area contributed by atoms with E-state index in [1.165, 1.54) is 25.5 Å². The van der Waals surface area contributed by atoms with Crippen molar-refractivity contribution in [1.82, 2.24) is 0 Å². The number of allylic oxidation sites excluding steroid dienone is 3. The summed E-state index contributed by atoms with van der Waals surface area (Å²) in [5.41, 5.74) is 1.63. The molecular formula is C20H48O28P8. The molecule has 0 aliphatic carbocycles. The summed E-state index contributed by atoms with van der Waals surface area (Å²) in [4.78, 5) is 107. The molecule has 0 bridgehead atoms. The Morgan fingerprint density at radius 1 is 0.554 bits per heavy atom. The van der Waals surface area contributed by atoms with Crippen LogP contribution in [0.5, 0.6) is 0 Å². The van der Waals surface area contributed by atoms with Crippen molar-refractivity contribution < 1.29 is 131 Å². The normalized spacial score (nSPS) is 16.1. The van der Waals surface area contributed by atoms with Crippen molar-refractivity contribution in [3.8, 4) is 0 Å². The van der Waals surface area contributed by atoms with E-state index in [0.717, 1.165) is 18.4 Å². The monoisotopic (exact) mass is 984 g/mol. The van der Waals surface area contributed by atoms with E-state index >= 15 is 0 Å². The molecule has 0 aliphatic rings. The lowest BCUT2D eigenvalue weighted by Gasteiger charge is -2.23. The highest BCUT2D eigenvalue weighted by molar-refractivity contribution is 7.62. The second-order valence-electron chi connectivity index (χ2n) is 10.8. The molecule has 336 valence electrons. The number of phosphoric acid groups is 8. The van der Waals surface area contributed by atoms with Gasteiger partial charge in [0.2, 0.25) is 0 Å². The summed E-state index contributed by atoms with van der Waals surface area (Å²) in [5, 5.41) is 0. The predicted octanol–water partition coefficient (Wildman–Crippen LogP) is 4.45. The van der Waals surface area contributed by atoms with Crippen LogP contribution in [0.2, 0.25) is 0 Å². The molecule has 0 aromatic heterocycles. The first-order valence-corrected chi connectivity index (χ1v) is 26.1. The van der Waals surface area contributed by atoms with Gasteiger partial charge >= 0.3 is 62.6 Å². The molecule has 0 radical (unpaired) electrons. The van der Waals surface area contributed by atoms with Crippen molar-refractivity contribution in [2.75, 3.05) is 13.2 Å². The third-order valence-electron chi connectivity index (χ3n) is 4.23. The van der Waals surface area contributed by atoms with Gasteiger partial charge in [-0.1, -0.05) is 34.9 Å². The van der Waals surface area contributed by atoms with E-state index in [4.69, 9.17) is 63.6 Å². The fourth-order valence-corrected chi connectivity index (χ4v) is 8.34. The molecule has 13 N–H and O–H groups in total. The predicted molar refractivity (Wildman–Crippen MR) is 193 cm³/mol. The number of phosphoric ester groups is 3. The van der Waals surface area contributed by atoms with Gasteiger partial charge in [-0.25, -0.2) is 36.5 Å². The smallest absolute Gasteiger partial charge is 0.302 e. The minimum atomic E-state index is -5.06. The molecular weight excluding hydrogens is 936 g/mol. The molecule has 0 rings (SSSR count). The van der Waals surface area contributed by atoms with Crippen molar-refractivity contribution in [3.05, 3.63) is 48.1 Å². The summed E-state index contributed by atoms with van der Waals surface area (Å²) in [6.07, 6.45) is 6.73. The van der Waals surface area contributed by atoms with Crippen LogP contribution in [0.15, 0.2) is 48.1 Å². The Morgan fingerprint density at radius 3 is 1.21 bits per heavy atom. The van der Waals surface area contributed by atoms with Crippen LogP contribution in [0.4, 0.5) is 0 Å². The van der Waals surface area contributed by atoms with Crippen LogP contribution in [0.3, 0.4) is 0 Å². The Hall–Kier alpha value is -0.000000000000000208. The topological polar surface area (TPSA) is 464 Å². The quantitative estimate of drug-likeness (QED) is 0.0558. The van der Waals surface area contributed by atoms with E-state index in [1.54, 1.807) is 13.0 Å². The van der Waals surface area contributed by atoms with Crippen molar-refractivity contribution >= 4 is 62.6 Å². The third-order valence-corrected chi connectivity index (χ3v) is 12.6. The van der Waals surface area contributed by atoms with Gasteiger partial charge in [0.25, 0.3) is 0 Å². The Bertz CT molecular complexity index is 1660. The van der Waals surface area contributed by atoms with E-state index in [2.05, 4.69) is 50.0 Å². The molecule has 3 atom stereocenters. The number of hydrogen-bond donors (Lipinski definition) is 13. The van der Waals surface area contributed by atoms with Gasteiger partial charge in [-0.3, -0.25) is 13.6 Å². The van der Waals surface area contributed by atoms with Gasteiger partial charge in [0.15, 0.2) is 0 Å². The standard InChI is InChI=1S/C10H20O7P2.2C5H12O7P2.H4O7P2/c1-9(2)5-4-6-10(3)7-8-16-19(14,15)17-18(11,12)13;1-5(2)3-4-11-14(9,10)12-13(6,7)8;1-4-5(2,3)11-14(9,10)12-13(6,7)8;1-8(2,3)7-9(4,5)6/h5,7H,4,6,8H2,1-3H3,(H,14,15)(H2,11,12,13);1,3-4H2,2H3,(H,9,10)(H2,6,7,8);4H,1H2,2-3H3,(H,9,10)(H2,6,7,8);(H2,1,2,3)(H2,4,5,6)/b10-7+;;;. The summed E-state index contributed by atoms with van der Waals surface area (Å²) in [5.74, 6) is 0. The Balaban J connectivity index is -0.000000332. The van der Waals surface area contributed by atoms with E-state index < -0.39 is 68.2 Å². The molecule has 0 saturated heterocycles. The fraction of sp³-hybridized carbons (Fsp3) is 0.600. The van der Waals surface area contributed by atoms with Crippen molar-refractivity contribution in [1.29, 1.82) is 0 Å². The van der Waals surface area contributed by atoms with Gasteiger partial charge in [-0.05, 0) is 60.8 Å². The molecule has 0 spiro atoms. The third kappa shape index (κ3) is 54.0. The van der Waals surface area contributed by atoms with Gasteiger partial charge in [-0.15, -0.1) is 13.2 Å². The second-order valence-corrected chi connectivity index (χ2v) is 21.8. The summed E-state index contributed by atoms with van der Waals surface area (Å²) >= 11 is 0. The molecule has 0 aromatic rings. The molecule has 0 saturated carbocycles. The molecule has 56 heavy (non-hydrogen) atoms. The Kier molecular flexibility index (Phi) is 29.5. The number of hydrogen-bond acceptors (Lipinski definition) is 15. The van der Waals surface area contributed by atoms with Gasteiger partial charge in [0, 0.05) is 0 Å². The van der Waals surface area contributed by atoms with Crippen LogP contribution < -0.4 is 0 Å². The molecule has 0 fully saturated rings. The SMILES string of the molecule is C=C(C)CCOP(=O)(O)OP(=O)(O)O.C=CC(C)(C)OP(=O)(O)OP(=O)(O)O.CC(C)=CCC/C(C)=C/COP(=O)(O)OP(=O)(O)O.O=P(O)(O)OP(=O)(O)O. The Morgan fingerprint density at radius 2 is 0.911 bits per heavy atom. The summed E-state index contributed by atoms with van der Waals surface area (Å²) < 4.78 is 110. The first-order chi connectivity index (χ1) is 24.3. The van der Waals surface area contributed by atoms with Gasteiger partial charge in [0.1, 0.15) is 0 Å². The van der Waals surface area contributed by atoms with Crippen molar-refractivity contribution in [3.63, 3.8) is 0 Å². The van der Waals surface area contributed by atoms with E-state index in [-0.39, 0.29) is 13.2 Å². The molecule has 0 amide bonds. The summed E-state index contributed by atoms with van der Waals surface area (Å²) in [6.45, 7) is 16.6. The summed E-state index contributed by atoms with van der Waals surface area (Å²) in [6, 6.07) is 0. The molecule has 0 aromatic carbocycles. The lowest BCUT2D eigenvalue weighted by Crippen LogP contribution is -2.19. The molecule has 36 heteroatoms. The Labute approximate surface area is 320 Å². The molecule has 0 aliphatic heterocycles. The lowest BCUT2D eigenvalue weighted by atomic mass is 10.1. The van der Waals surface area contributed by atoms with Crippen LogP contribution in [-0.4, -0.2) is 82.4 Å². The van der Waals surface area contributed by atoms with Gasteiger partial charge < -0.3 is 63.6 Å². The highest BCUT2D eigenvalue weighted by atomic mass is 31.3. The van der Waals surface area contributed by atoms with Gasteiger partial charge in [-0.2, -0.15) is 17.2 Å². The largest absolute Gasteiger partial charge is 0.481 e. The van der Waals surface area contributed by atoms with Gasteiger partial charge in [0.05, 0.1) is 18.8 Å². The first-order valence-electron chi connectivity index (χ1n) is 14.0. The minimum absolute atomic E-state index is 0.191. The minimum Gasteiger partial charge on any atom is -0.302 e. The highest BCUT2D eigenvalue weighted by Crippen LogP contribution is 2.60. The summed E-state index contributed by atoms with van der Waals surface area (Å²) in [7, 11) is -39.4. The maximum atomic E-state index is 11.1. The second kappa shape index (κ2) is 26.4. The number of rotatable bonds is 21. The average molecular weight is 984 g/mol. The van der Waals surface area contributed by atoms with Crippen LogP contribution in [0.1, 0.15) is 60.8 Å². The van der Waals surface area contributed by atoms with Crippen molar-refractivity contribution in [2.45, 2.75) is 66.4 Å². The zero-order chi connectivity index (χ0) is 45.8. The van der Waals surface area contributed by atoms with E-state index in [0.29, 0.717) is 12.0 Å². The van der Waals surface area contributed by atoms with E-state index in [1.807, 2.05) is 20.8 Å². The zero-order valence-electron chi connectivity index (χ0n) is 30.2. The molecule has 3 unspecified atom stereocenters. The maximum absolute atomic E-state index is 11.1. The van der Waals surface area contributed by atoms with E-state index in [9.17, 15) is 36.5 Å². The first kappa shape index (κ1) is 62.6. The fourth-order valence-electron chi connectivity index (χ4n) is 2.24. The van der Waals surface area contributed by atoms with Crippen molar-refractivity contribution in [2.24, 2.45) is 0 Å². The lowest BCUT2D eigenvalue weighted by molar-refractivity contribution is 0.0998. The maximum Gasteiger partial charge on any atom is 0.481 e. The molecule has 0 heterocycles. The van der Waals surface area contributed by atoms with Crippen LogP contribution in [0.25, 0.3) is 0 Å². The zero-order valence-corrected chi connectivity index (χ0v) is 37.4. The van der Waals surface area contributed by atoms with Crippen LogP contribution in [0, 0.1) is 0 Å². The average Bonchev–Trinajstić information content (AvgIpc) is 2.82. The van der Waals surface area contributed by atoms with Crippen LogP contribution in [-0.2, 0) is 67.3 Å². The molecule has 28 nitrogen and oxygen atoms in total. The van der Waals surface area contributed by atoms with Crippen LogP contribution >= 0.6 is 62.6 Å².